The molecule has 0 radical (unpaired) electrons. The highest BCUT2D eigenvalue weighted by Gasteiger charge is 2.08. The molecule has 1 heterocycles. The van der Waals surface area contributed by atoms with E-state index >= 15 is 0 Å². The number of hydrogen-bond donors (Lipinski definition) is 1. The number of halogens is 1. The second-order valence-electron chi connectivity index (χ2n) is 7.07. The zero-order valence-electron chi connectivity index (χ0n) is 18.7. The third-order valence-electron chi connectivity index (χ3n) is 4.25. The van der Waals surface area contributed by atoms with Crippen molar-refractivity contribution in [1.82, 2.24) is 15.4 Å². The number of aryl methyl sites for hydroxylation is 2. The molecule has 3 rings (SSSR count). The molecule has 0 aliphatic heterocycles. The Morgan fingerprint density at radius 2 is 1.88 bits per heavy atom. The molecule has 1 amide bonds. The van der Waals surface area contributed by atoms with Crippen LogP contribution in [0.1, 0.15) is 29.4 Å². The minimum Gasteiger partial charge on any atom is -0.490 e. The summed E-state index contributed by atoms with van der Waals surface area (Å²) in [5.74, 6) is 1.13. The number of nitrogens with zero attached hydrogens (tertiary/aromatic N) is 3. The van der Waals surface area contributed by atoms with Crippen molar-refractivity contribution in [3.05, 3.63) is 76.1 Å². The second-order valence-corrected chi connectivity index (χ2v) is 8.45. The van der Waals surface area contributed by atoms with E-state index in [0.29, 0.717) is 34.9 Å². The van der Waals surface area contributed by atoms with Crippen molar-refractivity contribution in [2.45, 2.75) is 32.5 Å². The number of amides is 1. The van der Waals surface area contributed by atoms with Gasteiger partial charge >= 0.3 is 0 Å². The number of nitrogens with one attached hydrogen (secondary N) is 1. The highest BCUT2D eigenvalue weighted by Crippen LogP contribution is 2.29. The first-order chi connectivity index (χ1) is 15.9. The SMILES string of the molecule is CCOc1cc(C=NNC(=O)CSc2nc(C)cc(C)n2)ccc1OCc1cccc(Cl)c1. The number of carbonyl (C=O) groups excluding carboxylic acids is 1. The number of benzene rings is 2. The fraction of sp³-hybridized carbons (Fsp3) is 0.250. The fourth-order valence-corrected chi connectivity index (χ4v) is 3.83. The summed E-state index contributed by atoms with van der Waals surface area (Å²) in [6, 6.07) is 14.8. The summed E-state index contributed by atoms with van der Waals surface area (Å²) in [6.45, 7) is 6.55. The molecular weight excluding hydrogens is 460 g/mol. The van der Waals surface area contributed by atoms with Crippen molar-refractivity contribution in [1.29, 1.82) is 0 Å². The Morgan fingerprint density at radius 1 is 1.09 bits per heavy atom. The van der Waals surface area contributed by atoms with Gasteiger partial charge in [0.25, 0.3) is 5.91 Å². The predicted molar refractivity (Wildman–Crippen MR) is 131 cm³/mol. The monoisotopic (exact) mass is 484 g/mol. The number of aromatic nitrogens is 2. The van der Waals surface area contributed by atoms with E-state index in [1.807, 2.05) is 69.3 Å². The zero-order chi connectivity index (χ0) is 23.6. The summed E-state index contributed by atoms with van der Waals surface area (Å²) in [4.78, 5) is 20.7. The van der Waals surface area contributed by atoms with Gasteiger partial charge in [0.2, 0.25) is 0 Å². The third-order valence-corrected chi connectivity index (χ3v) is 5.33. The molecule has 0 atom stereocenters. The molecule has 0 saturated carbocycles. The highest BCUT2D eigenvalue weighted by atomic mass is 35.5. The maximum atomic E-state index is 12.1. The molecule has 1 N–H and O–H groups in total. The lowest BCUT2D eigenvalue weighted by atomic mass is 10.2. The summed E-state index contributed by atoms with van der Waals surface area (Å²) in [5, 5.41) is 5.27. The molecule has 172 valence electrons. The molecule has 2 aromatic carbocycles. The van der Waals surface area contributed by atoms with Crippen molar-refractivity contribution in [3.8, 4) is 11.5 Å². The fourth-order valence-electron chi connectivity index (χ4n) is 2.88. The molecule has 0 aliphatic rings. The topological polar surface area (TPSA) is 85.7 Å². The van der Waals surface area contributed by atoms with Crippen LogP contribution in [0.3, 0.4) is 0 Å². The number of carbonyl (C=O) groups is 1. The van der Waals surface area contributed by atoms with E-state index in [1.165, 1.54) is 11.8 Å². The van der Waals surface area contributed by atoms with Crippen molar-refractivity contribution in [2.75, 3.05) is 12.4 Å². The molecule has 33 heavy (non-hydrogen) atoms. The molecule has 0 spiro atoms. The van der Waals surface area contributed by atoms with Gasteiger partial charge < -0.3 is 9.47 Å². The van der Waals surface area contributed by atoms with Crippen LogP contribution in [-0.4, -0.2) is 34.4 Å². The average molecular weight is 485 g/mol. The summed E-state index contributed by atoms with van der Waals surface area (Å²) < 4.78 is 11.6. The van der Waals surface area contributed by atoms with Gasteiger partial charge in [-0.05, 0) is 68.3 Å². The van der Waals surface area contributed by atoms with Crippen LogP contribution in [-0.2, 0) is 11.4 Å². The minimum atomic E-state index is -0.245. The molecule has 0 bridgehead atoms. The molecule has 0 unspecified atom stereocenters. The molecular formula is C24H25ClN4O3S. The van der Waals surface area contributed by atoms with Crippen molar-refractivity contribution >= 4 is 35.5 Å². The van der Waals surface area contributed by atoms with Crippen LogP contribution in [0.25, 0.3) is 0 Å². The van der Waals surface area contributed by atoms with Gasteiger partial charge in [-0.15, -0.1) is 0 Å². The molecule has 1 aromatic heterocycles. The Hall–Kier alpha value is -3.10. The lowest BCUT2D eigenvalue weighted by Crippen LogP contribution is -2.19. The smallest absolute Gasteiger partial charge is 0.250 e. The minimum absolute atomic E-state index is 0.167. The van der Waals surface area contributed by atoms with Crippen LogP contribution in [0.4, 0.5) is 0 Å². The van der Waals surface area contributed by atoms with Gasteiger partial charge in [-0.1, -0.05) is 35.5 Å². The Labute approximate surface area is 202 Å². The standard InChI is InChI=1S/C24H25ClN4O3S/c1-4-31-22-12-18(8-9-21(22)32-14-19-6-5-7-20(25)11-19)13-26-29-23(30)15-33-24-27-16(2)10-17(3)28-24/h5-13H,4,14-15H2,1-3H3,(H,29,30). The Bertz CT molecular complexity index is 1120. The van der Waals surface area contributed by atoms with Gasteiger partial charge in [-0.3, -0.25) is 4.79 Å². The van der Waals surface area contributed by atoms with Crippen molar-refractivity contribution < 1.29 is 14.3 Å². The predicted octanol–water partition coefficient (Wildman–Crippen LogP) is 4.97. The number of rotatable bonds is 10. The van der Waals surface area contributed by atoms with E-state index in [0.717, 1.165) is 22.5 Å². The van der Waals surface area contributed by atoms with Gasteiger partial charge in [-0.2, -0.15) is 5.10 Å². The van der Waals surface area contributed by atoms with Crippen LogP contribution in [0.15, 0.2) is 58.8 Å². The first-order valence-electron chi connectivity index (χ1n) is 10.3. The Kier molecular flexibility index (Phi) is 9.09. The quantitative estimate of drug-likeness (QED) is 0.189. The molecule has 9 heteroatoms. The van der Waals surface area contributed by atoms with E-state index in [9.17, 15) is 4.79 Å². The van der Waals surface area contributed by atoms with E-state index in [2.05, 4.69) is 20.5 Å². The zero-order valence-corrected chi connectivity index (χ0v) is 20.2. The van der Waals surface area contributed by atoms with Gasteiger partial charge in [0.05, 0.1) is 18.6 Å². The number of hydrogen-bond acceptors (Lipinski definition) is 7. The maximum Gasteiger partial charge on any atom is 0.250 e. The summed E-state index contributed by atoms with van der Waals surface area (Å²) in [7, 11) is 0. The van der Waals surface area contributed by atoms with Crippen molar-refractivity contribution in [2.24, 2.45) is 5.10 Å². The third kappa shape index (κ3) is 8.07. The maximum absolute atomic E-state index is 12.1. The molecule has 7 nitrogen and oxygen atoms in total. The van der Waals surface area contributed by atoms with Crippen LogP contribution in [0.2, 0.25) is 5.02 Å². The Morgan fingerprint density at radius 3 is 2.61 bits per heavy atom. The van der Waals surface area contributed by atoms with Gasteiger partial charge in [0, 0.05) is 16.4 Å². The van der Waals surface area contributed by atoms with Crippen LogP contribution in [0, 0.1) is 13.8 Å². The molecule has 0 aliphatic carbocycles. The normalized spacial score (nSPS) is 10.9. The van der Waals surface area contributed by atoms with Gasteiger partial charge in [0.15, 0.2) is 16.7 Å². The van der Waals surface area contributed by atoms with E-state index < -0.39 is 0 Å². The first-order valence-corrected chi connectivity index (χ1v) is 11.7. The average Bonchev–Trinajstić information content (AvgIpc) is 2.77. The lowest BCUT2D eigenvalue weighted by molar-refractivity contribution is -0.118. The van der Waals surface area contributed by atoms with Crippen molar-refractivity contribution in [3.63, 3.8) is 0 Å². The van der Waals surface area contributed by atoms with Gasteiger partial charge in [0.1, 0.15) is 6.61 Å². The van der Waals surface area contributed by atoms with E-state index in [4.69, 9.17) is 21.1 Å². The highest BCUT2D eigenvalue weighted by molar-refractivity contribution is 7.99. The number of ether oxygens (including phenoxy) is 2. The Balaban J connectivity index is 1.56. The lowest BCUT2D eigenvalue weighted by Gasteiger charge is -2.12. The first kappa shape index (κ1) is 24.5. The van der Waals surface area contributed by atoms with Crippen LogP contribution in [0.5, 0.6) is 11.5 Å². The largest absolute Gasteiger partial charge is 0.490 e. The molecule has 0 saturated heterocycles. The van der Waals surface area contributed by atoms with Gasteiger partial charge in [-0.25, -0.2) is 15.4 Å². The number of hydrazone groups is 1. The van der Waals surface area contributed by atoms with Crippen LogP contribution >= 0.6 is 23.4 Å². The van der Waals surface area contributed by atoms with E-state index in [-0.39, 0.29) is 11.7 Å². The molecule has 0 fully saturated rings. The van der Waals surface area contributed by atoms with Crippen LogP contribution < -0.4 is 14.9 Å². The summed E-state index contributed by atoms with van der Waals surface area (Å²) in [5.41, 5.74) is 5.98. The summed E-state index contributed by atoms with van der Waals surface area (Å²) >= 11 is 7.30. The molecule has 3 aromatic rings. The second kappa shape index (κ2) is 12.2. The summed E-state index contributed by atoms with van der Waals surface area (Å²) in [6.07, 6.45) is 1.55. The van der Waals surface area contributed by atoms with E-state index in [1.54, 1.807) is 6.21 Å². The number of thioether (sulfide) groups is 1.